The molecule has 1 aromatic heterocycles. The summed E-state index contributed by atoms with van der Waals surface area (Å²) in [6.45, 7) is 3.68. The zero-order valence-corrected chi connectivity index (χ0v) is 13.0. The summed E-state index contributed by atoms with van der Waals surface area (Å²) in [6.07, 6.45) is 1.88. The van der Waals surface area contributed by atoms with Crippen molar-refractivity contribution in [3.8, 4) is 0 Å². The number of aliphatic carboxylic acids is 1. The second kappa shape index (κ2) is 4.54. The molecule has 20 heavy (non-hydrogen) atoms. The number of hydrogen-bond acceptors (Lipinski definition) is 4. The first kappa shape index (κ1) is 14.0. The average Bonchev–Trinajstić information content (AvgIpc) is 3.01. The van der Waals surface area contributed by atoms with Crippen molar-refractivity contribution in [3.63, 3.8) is 0 Å². The topological polar surface area (TPSA) is 74.7 Å². The Bertz CT molecular complexity index is 664. The SMILES string of the molecule is Cc1cc(C)c(S(=O)(=O)N2C3CCC2C(C(=O)O)C3)s1. The van der Waals surface area contributed by atoms with Gasteiger partial charge < -0.3 is 5.11 Å². The number of fused-ring (bicyclic) bond motifs is 2. The minimum atomic E-state index is -3.56. The fourth-order valence-corrected chi connectivity index (χ4v) is 7.22. The maximum atomic E-state index is 12.8. The van der Waals surface area contributed by atoms with Crippen molar-refractivity contribution in [1.82, 2.24) is 4.31 Å². The summed E-state index contributed by atoms with van der Waals surface area (Å²) in [7, 11) is -3.56. The largest absolute Gasteiger partial charge is 0.481 e. The highest BCUT2D eigenvalue weighted by atomic mass is 32.2. The third kappa shape index (κ3) is 1.91. The molecule has 110 valence electrons. The number of hydrogen-bond donors (Lipinski definition) is 1. The van der Waals surface area contributed by atoms with Crippen LogP contribution in [0.25, 0.3) is 0 Å². The monoisotopic (exact) mass is 315 g/mol. The molecule has 1 N–H and O–H groups in total. The van der Waals surface area contributed by atoms with Crippen molar-refractivity contribution in [2.45, 2.75) is 49.4 Å². The van der Waals surface area contributed by atoms with E-state index in [1.807, 2.05) is 13.0 Å². The first-order chi connectivity index (χ1) is 9.32. The molecule has 0 amide bonds. The molecule has 2 saturated heterocycles. The number of carboxylic acids is 1. The van der Waals surface area contributed by atoms with Crippen molar-refractivity contribution < 1.29 is 18.3 Å². The highest BCUT2D eigenvalue weighted by Crippen LogP contribution is 2.46. The van der Waals surface area contributed by atoms with E-state index in [9.17, 15) is 18.3 Å². The van der Waals surface area contributed by atoms with Gasteiger partial charge in [-0.2, -0.15) is 4.31 Å². The third-order valence-corrected chi connectivity index (χ3v) is 8.04. The molecule has 7 heteroatoms. The highest BCUT2D eigenvalue weighted by Gasteiger charge is 2.54. The predicted molar refractivity (Wildman–Crippen MR) is 75.4 cm³/mol. The summed E-state index contributed by atoms with van der Waals surface area (Å²) in [6, 6.07) is 1.35. The smallest absolute Gasteiger partial charge is 0.308 e. The van der Waals surface area contributed by atoms with Crippen LogP contribution >= 0.6 is 11.3 Å². The Kier molecular flexibility index (Phi) is 3.19. The van der Waals surface area contributed by atoms with E-state index < -0.39 is 21.9 Å². The van der Waals surface area contributed by atoms with Gasteiger partial charge in [0.15, 0.2) is 0 Å². The maximum absolute atomic E-state index is 12.8. The fourth-order valence-electron chi connectivity index (χ4n) is 3.55. The van der Waals surface area contributed by atoms with Gasteiger partial charge in [0.05, 0.1) is 5.92 Å². The number of nitrogens with zero attached hydrogens (tertiary/aromatic N) is 1. The van der Waals surface area contributed by atoms with E-state index in [0.717, 1.165) is 16.9 Å². The molecule has 3 heterocycles. The van der Waals surface area contributed by atoms with E-state index in [2.05, 4.69) is 0 Å². The number of thiophene rings is 1. The number of carbonyl (C=O) groups is 1. The van der Waals surface area contributed by atoms with Gasteiger partial charge in [0.25, 0.3) is 10.0 Å². The third-order valence-electron chi connectivity index (χ3n) is 4.30. The molecule has 2 bridgehead atoms. The van der Waals surface area contributed by atoms with Gasteiger partial charge in [-0.3, -0.25) is 4.79 Å². The normalized spacial score (nSPS) is 30.0. The molecule has 0 spiro atoms. The fraction of sp³-hybridized carbons (Fsp3) is 0.615. The van der Waals surface area contributed by atoms with E-state index in [1.54, 1.807) is 6.92 Å². The second-order valence-corrected chi connectivity index (χ2v) is 8.94. The minimum absolute atomic E-state index is 0.145. The number of sulfonamides is 1. The molecule has 2 aliphatic heterocycles. The van der Waals surface area contributed by atoms with E-state index in [4.69, 9.17) is 0 Å². The van der Waals surface area contributed by atoms with E-state index in [-0.39, 0.29) is 12.1 Å². The van der Waals surface area contributed by atoms with Crippen molar-refractivity contribution in [2.24, 2.45) is 5.92 Å². The summed E-state index contributed by atoms with van der Waals surface area (Å²) >= 11 is 1.27. The van der Waals surface area contributed by atoms with Crippen LogP contribution in [0.2, 0.25) is 0 Å². The summed E-state index contributed by atoms with van der Waals surface area (Å²) in [4.78, 5) is 12.2. The Balaban J connectivity index is 2.01. The van der Waals surface area contributed by atoms with Gasteiger partial charge >= 0.3 is 5.97 Å². The van der Waals surface area contributed by atoms with E-state index in [0.29, 0.717) is 17.1 Å². The lowest BCUT2D eigenvalue weighted by molar-refractivity contribution is -0.142. The Morgan fingerprint density at radius 2 is 2.10 bits per heavy atom. The van der Waals surface area contributed by atoms with Gasteiger partial charge in [0.1, 0.15) is 4.21 Å². The molecule has 0 aromatic carbocycles. The second-order valence-electron chi connectivity index (χ2n) is 5.64. The zero-order chi connectivity index (χ0) is 14.7. The zero-order valence-electron chi connectivity index (χ0n) is 11.4. The number of aryl methyl sites for hydroxylation is 2. The van der Waals surface area contributed by atoms with Gasteiger partial charge in [0, 0.05) is 17.0 Å². The molecule has 0 saturated carbocycles. The van der Waals surface area contributed by atoms with Gasteiger partial charge in [0.2, 0.25) is 0 Å². The number of carboxylic acid groups (broad SMARTS) is 1. The van der Waals surface area contributed by atoms with Gasteiger partial charge in [-0.25, -0.2) is 8.42 Å². The molecular formula is C13H17NO4S2. The molecule has 3 rings (SSSR count). The highest BCUT2D eigenvalue weighted by molar-refractivity contribution is 7.91. The first-order valence-electron chi connectivity index (χ1n) is 6.65. The predicted octanol–water partition coefficient (Wildman–Crippen LogP) is 1.99. The lowest BCUT2D eigenvalue weighted by Gasteiger charge is -2.22. The van der Waals surface area contributed by atoms with Crippen LogP contribution in [-0.2, 0) is 14.8 Å². The van der Waals surface area contributed by atoms with E-state index in [1.165, 1.54) is 15.6 Å². The Hall–Kier alpha value is -0.920. The van der Waals surface area contributed by atoms with Crippen molar-refractivity contribution >= 4 is 27.3 Å². The molecule has 3 atom stereocenters. The van der Waals surface area contributed by atoms with Crippen LogP contribution in [0.3, 0.4) is 0 Å². The van der Waals surface area contributed by atoms with Crippen LogP contribution in [0, 0.1) is 19.8 Å². The quantitative estimate of drug-likeness (QED) is 0.925. The molecule has 2 aliphatic rings. The summed E-state index contributed by atoms with van der Waals surface area (Å²) < 4.78 is 27.5. The minimum Gasteiger partial charge on any atom is -0.481 e. The lowest BCUT2D eigenvalue weighted by Crippen LogP contribution is -2.37. The number of rotatable bonds is 3. The molecule has 2 fully saturated rings. The standard InChI is InChI=1S/C13H17NO4S2/c1-7-5-8(2)19-13(7)20(17,18)14-9-3-4-11(14)10(6-9)12(15)16/h5,9-11H,3-4,6H2,1-2H3,(H,15,16). The average molecular weight is 315 g/mol. The van der Waals surface area contributed by atoms with Crippen molar-refractivity contribution in [3.05, 3.63) is 16.5 Å². The van der Waals surface area contributed by atoms with Gasteiger partial charge in [-0.1, -0.05) is 0 Å². The molecule has 1 aromatic rings. The van der Waals surface area contributed by atoms with Crippen LogP contribution in [0.4, 0.5) is 0 Å². The van der Waals surface area contributed by atoms with Gasteiger partial charge in [-0.05, 0) is 44.7 Å². The summed E-state index contributed by atoms with van der Waals surface area (Å²) in [5.41, 5.74) is 0.755. The van der Waals surface area contributed by atoms with Crippen LogP contribution in [0.15, 0.2) is 10.3 Å². The van der Waals surface area contributed by atoms with Gasteiger partial charge in [-0.15, -0.1) is 11.3 Å². The van der Waals surface area contributed by atoms with Crippen LogP contribution in [0.1, 0.15) is 29.7 Å². The first-order valence-corrected chi connectivity index (χ1v) is 8.91. The van der Waals surface area contributed by atoms with Crippen molar-refractivity contribution in [1.29, 1.82) is 0 Å². The molecule has 0 radical (unpaired) electrons. The molecule has 3 unspecified atom stereocenters. The van der Waals surface area contributed by atoms with E-state index >= 15 is 0 Å². The van der Waals surface area contributed by atoms with Crippen LogP contribution < -0.4 is 0 Å². The summed E-state index contributed by atoms with van der Waals surface area (Å²) in [5.74, 6) is -1.43. The lowest BCUT2D eigenvalue weighted by atomic mass is 9.89. The Labute approximate surface area is 122 Å². The van der Waals surface area contributed by atoms with Crippen LogP contribution in [0.5, 0.6) is 0 Å². The Morgan fingerprint density at radius 1 is 1.40 bits per heavy atom. The Morgan fingerprint density at radius 3 is 2.60 bits per heavy atom. The van der Waals surface area contributed by atoms with Crippen molar-refractivity contribution in [2.75, 3.05) is 0 Å². The maximum Gasteiger partial charge on any atom is 0.308 e. The molecule has 0 aliphatic carbocycles. The molecular weight excluding hydrogens is 298 g/mol. The summed E-state index contributed by atoms with van der Waals surface area (Å²) in [5, 5.41) is 9.23. The van der Waals surface area contributed by atoms with Crippen LogP contribution in [-0.4, -0.2) is 35.9 Å². The molecule has 5 nitrogen and oxygen atoms in total.